The number of Topliss-reactive ketones (excluding diaryl/α,β-unsaturated/α-hetero) is 1. The zero-order valence-corrected chi connectivity index (χ0v) is 16.7. The van der Waals surface area contributed by atoms with Crippen LogP contribution in [0.3, 0.4) is 0 Å². The van der Waals surface area contributed by atoms with E-state index in [1.807, 2.05) is 73.7 Å². The molecule has 0 atom stereocenters. The van der Waals surface area contributed by atoms with Gasteiger partial charge in [-0.2, -0.15) is 0 Å². The maximum Gasteiger partial charge on any atom is 0.190 e. The first-order chi connectivity index (χ1) is 14.0. The van der Waals surface area contributed by atoms with E-state index in [-0.39, 0.29) is 23.6 Å². The Morgan fingerprint density at radius 2 is 1.69 bits per heavy atom. The first-order valence-electron chi connectivity index (χ1n) is 9.44. The van der Waals surface area contributed by atoms with Crippen LogP contribution in [0.15, 0.2) is 84.4 Å². The van der Waals surface area contributed by atoms with Crippen molar-refractivity contribution in [2.45, 2.75) is 13.3 Å². The Kier molecular flexibility index (Phi) is 5.28. The average Bonchev–Trinajstić information content (AvgIpc) is 2.73. The molecular weight excluding hydrogens is 380 g/mol. The van der Waals surface area contributed by atoms with E-state index in [0.717, 1.165) is 27.8 Å². The van der Waals surface area contributed by atoms with Crippen molar-refractivity contribution in [2.24, 2.45) is 0 Å². The van der Waals surface area contributed by atoms with Crippen molar-refractivity contribution in [2.75, 3.05) is 0 Å². The highest BCUT2D eigenvalue weighted by Crippen LogP contribution is 2.36. The lowest BCUT2D eigenvalue weighted by molar-refractivity contribution is -0.119. The van der Waals surface area contributed by atoms with E-state index in [9.17, 15) is 9.59 Å². The van der Waals surface area contributed by atoms with Gasteiger partial charge in [0.15, 0.2) is 11.6 Å². The molecule has 1 aliphatic carbocycles. The van der Waals surface area contributed by atoms with E-state index in [2.05, 4.69) is 0 Å². The minimum atomic E-state index is -0.289. The molecule has 3 heteroatoms. The number of benzene rings is 3. The Labute approximate surface area is 175 Å². The Balaban J connectivity index is 1.88. The molecule has 2 nitrogen and oxygen atoms in total. The fourth-order valence-electron chi connectivity index (χ4n) is 3.66. The second kappa shape index (κ2) is 8.02. The molecule has 0 fully saturated rings. The van der Waals surface area contributed by atoms with Crippen molar-refractivity contribution in [1.29, 1.82) is 0 Å². The maximum absolute atomic E-state index is 13.2. The molecule has 0 unspecified atom stereocenters. The highest BCUT2D eigenvalue weighted by molar-refractivity contribution is 6.33. The van der Waals surface area contributed by atoms with Gasteiger partial charge in [-0.25, -0.2) is 0 Å². The molecule has 0 bridgehead atoms. The van der Waals surface area contributed by atoms with Gasteiger partial charge in [0.25, 0.3) is 0 Å². The van der Waals surface area contributed by atoms with Gasteiger partial charge < -0.3 is 0 Å². The lowest BCUT2D eigenvalue weighted by Crippen LogP contribution is -2.21. The SMILES string of the molecule is Cc1ccccc1C=CC(=O)C1=C(c2ccccc2)c2cc(Cl)ccc2CC1=O. The minimum Gasteiger partial charge on any atom is -0.294 e. The Morgan fingerprint density at radius 3 is 2.45 bits per heavy atom. The van der Waals surface area contributed by atoms with E-state index >= 15 is 0 Å². The molecule has 29 heavy (non-hydrogen) atoms. The van der Waals surface area contributed by atoms with Crippen LogP contribution in [0.2, 0.25) is 5.02 Å². The standard InChI is InChI=1S/C26H19ClO2/c1-17-7-5-6-8-18(17)12-14-23(28)26-24(29)15-20-11-13-21(27)16-22(20)25(26)19-9-3-2-4-10-19/h2-14,16H,15H2,1H3. The van der Waals surface area contributed by atoms with Crippen LogP contribution in [-0.2, 0) is 16.0 Å². The third-order valence-corrected chi connectivity index (χ3v) is 5.37. The highest BCUT2D eigenvalue weighted by Gasteiger charge is 2.29. The summed E-state index contributed by atoms with van der Waals surface area (Å²) in [7, 11) is 0. The van der Waals surface area contributed by atoms with Crippen LogP contribution in [-0.4, -0.2) is 11.6 Å². The Hall–Kier alpha value is -3.23. The number of carbonyl (C=O) groups excluding carboxylic acids is 2. The number of ketones is 2. The lowest BCUT2D eigenvalue weighted by Gasteiger charge is -2.22. The molecule has 0 heterocycles. The monoisotopic (exact) mass is 398 g/mol. The molecule has 0 aliphatic heterocycles. The fourth-order valence-corrected chi connectivity index (χ4v) is 3.83. The van der Waals surface area contributed by atoms with Gasteiger partial charge in [-0.05, 0) is 52.9 Å². The Bertz CT molecular complexity index is 1170. The molecule has 0 saturated heterocycles. The van der Waals surface area contributed by atoms with Crippen molar-refractivity contribution in [3.8, 4) is 0 Å². The van der Waals surface area contributed by atoms with Crippen LogP contribution >= 0.6 is 11.6 Å². The van der Waals surface area contributed by atoms with Crippen LogP contribution in [0.4, 0.5) is 0 Å². The summed E-state index contributed by atoms with van der Waals surface area (Å²) >= 11 is 6.25. The molecule has 0 radical (unpaired) electrons. The van der Waals surface area contributed by atoms with E-state index in [1.54, 1.807) is 12.1 Å². The topological polar surface area (TPSA) is 34.1 Å². The molecule has 0 amide bonds. The number of rotatable bonds is 4. The van der Waals surface area contributed by atoms with Crippen LogP contribution in [0, 0.1) is 6.92 Å². The van der Waals surface area contributed by atoms with Gasteiger partial charge in [0.05, 0.1) is 5.57 Å². The zero-order valence-electron chi connectivity index (χ0n) is 16.0. The summed E-state index contributed by atoms with van der Waals surface area (Å²) in [6, 6.07) is 22.8. The Morgan fingerprint density at radius 1 is 0.966 bits per heavy atom. The largest absolute Gasteiger partial charge is 0.294 e. The van der Waals surface area contributed by atoms with E-state index < -0.39 is 0 Å². The predicted octanol–water partition coefficient (Wildman–Crippen LogP) is 5.86. The molecule has 3 aromatic carbocycles. The smallest absolute Gasteiger partial charge is 0.190 e. The van der Waals surface area contributed by atoms with E-state index in [4.69, 9.17) is 11.6 Å². The quantitative estimate of drug-likeness (QED) is 0.407. The fraction of sp³-hybridized carbons (Fsp3) is 0.0769. The molecule has 1 aliphatic rings. The summed E-state index contributed by atoms with van der Waals surface area (Å²) in [4.78, 5) is 26.2. The van der Waals surface area contributed by atoms with E-state index in [0.29, 0.717) is 10.6 Å². The number of fused-ring (bicyclic) bond motifs is 1. The van der Waals surface area contributed by atoms with Gasteiger partial charge in [-0.15, -0.1) is 0 Å². The summed E-state index contributed by atoms with van der Waals surface area (Å²) in [5.74, 6) is -0.458. The number of hydrogen-bond acceptors (Lipinski definition) is 2. The van der Waals surface area contributed by atoms with Gasteiger partial charge in [0.2, 0.25) is 0 Å². The number of allylic oxidation sites excluding steroid dienone is 2. The van der Waals surface area contributed by atoms with Gasteiger partial charge in [-0.1, -0.05) is 78.3 Å². The number of aryl methyl sites for hydroxylation is 1. The number of halogens is 1. The highest BCUT2D eigenvalue weighted by atomic mass is 35.5. The molecular formula is C26H19ClO2. The zero-order chi connectivity index (χ0) is 20.4. The summed E-state index contributed by atoms with van der Waals surface area (Å²) in [6.45, 7) is 1.99. The first-order valence-corrected chi connectivity index (χ1v) is 9.82. The molecule has 0 saturated carbocycles. The summed E-state index contributed by atoms with van der Waals surface area (Å²) in [5.41, 5.74) is 5.45. The number of carbonyl (C=O) groups is 2. The van der Waals surface area contributed by atoms with Crippen LogP contribution in [0.5, 0.6) is 0 Å². The van der Waals surface area contributed by atoms with Gasteiger partial charge >= 0.3 is 0 Å². The summed E-state index contributed by atoms with van der Waals surface area (Å²) < 4.78 is 0. The number of hydrogen-bond donors (Lipinski definition) is 0. The molecule has 0 spiro atoms. The van der Waals surface area contributed by atoms with Crippen molar-refractivity contribution < 1.29 is 9.59 Å². The van der Waals surface area contributed by atoms with Gasteiger partial charge in [-0.3, -0.25) is 9.59 Å². The molecule has 3 aromatic rings. The molecule has 4 rings (SSSR count). The van der Waals surface area contributed by atoms with Crippen LogP contribution in [0.25, 0.3) is 11.6 Å². The molecule has 0 N–H and O–H groups in total. The maximum atomic E-state index is 13.2. The van der Waals surface area contributed by atoms with Gasteiger partial charge in [0.1, 0.15) is 0 Å². The molecule has 0 aromatic heterocycles. The third kappa shape index (κ3) is 3.85. The van der Waals surface area contributed by atoms with Gasteiger partial charge in [0, 0.05) is 17.0 Å². The van der Waals surface area contributed by atoms with Crippen LogP contribution in [0.1, 0.15) is 27.8 Å². The van der Waals surface area contributed by atoms with Crippen molar-refractivity contribution >= 4 is 34.8 Å². The van der Waals surface area contributed by atoms with Crippen molar-refractivity contribution in [3.05, 3.63) is 117 Å². The van der Waals surface area contributed by atoms with E-state index in [1.165, 1.54) is 6.08 Å². The minimum absolute atomic E-state index is 0.168. The average molecular weight is 399 g/mol. The van der Waals surface area contributed by atoms with Crippen molar-refractivity contribution in [1.82, 2.24) is 0 Å². The predicted molar refractivity (Wildman–Crippen MR) is 118 cm³/mol. The lowest BCUT2D eigenvalue weighted by atomic mass is 9.80. The molecule has 142 valence electrons. The van der Waals surface area contributed by atoms with Crippen LogP contribution < -0.4 is 0 Å². The first kappa shape index (κ1) is 19.1. The summed E-state index contributed by atoms with van der Waals surface area (Å²) in [5, 5.41) is 0.578. The normalized spacial score (nSPS) is 13.7. The third-order valence-electron chi connectivity index (χ3n) is 5.13. The van der Waals surface area contributed by atoms with Crippen molar-refractivity contribution in [3.63, 3.8) is 0 Å². The summed E-state index contributed by atoms with van der Waals surface area (Å²) in [6.07, 6.45) is 3.46. The second-order valence-electron chi connectivity index (χ2n) is 7.07. The second-order valence-corrected chi connectivity index (χ2v) is 7.51.